The number of benzene rings is 1. The minimum Gasteiger partial charge on any atom is -0.267 e. The number of hydrogen-bond donors (Lipinski definition) is 0. The van der Waals surface area contributed by atoms with Gasteiger partial charge in [0.15, 0.2) is 0 Å². The third-order valence-corrected chi connectivity index (χ3v) is 6.22. The summed E-state index contributed by atoms with van der Waals surface area (Å²) in [6, 6.07) is 6.05. The van der Waals surface area contributed by atoms with Gasteiger partial charge in [-0.15, -0.1) is 0 Å². The molecule has 0 heterocycles. The predicted octanol–water partition coefficient (Wildman–Crippen LogP) is 4.78. The highest BCUT2D eigenvalue weighted by Crippen LogP contribution is 2.23. The maximum Gasteiger partial charge on any atom is 0.274 e. The number of rotatable bonds is 8. The van der Waals surface area contributed by atoms with Crippen molar-refractivity contribution in [1.29, 1.82) is 0 Å². The van der Waals surface area contributed by atoms with Crippen LogP contribution in [0, 0.1) is 6.92 Å². The molecule has 0 aromatic heterocycles. The van der Waals surface area contributed by atoms with Crippen LogP contribution in [0.25, 0.3) is 0 Å². The van der Waals surface area contributed by atoms with Crippen LogP contribution in [0.15, 0.2) is 39.7 Å². The first-order valence-corrected chi connectivity index (χ1v) is 10.5. The quantitative estimate of drug-likeness (QED) is 0.453. The Balaban J connectivity index is 3.09. The summed E-state index contributed by atoms with van der Waals surface area (Å²) in [4.78, 5) is 12.8. The summed E-state index contributed by atoms with van der Waals surface area (Å²) in [6.07, 6.45) is 5.67. The minimum atomic E-state index is -3.88. The van der Waals surface area contributed by atoms with E-state index in [1.807, 2.05) is 6.92 Å². The van der Waals surface area contributed by atoms with Crippen molar-refractivity contribution in [2.45, 2.75) is 64.3 Å². The van der Waals surface area contributed by atoms with Crippen molar-refractivity contribution < 1.29 is 13.2 Å². The number of sulfonamides is 1. The van der Waals surface area contributed by atoms with E-state index in [2.05, 4.69) is 22.9 Å². The van der Waals surface area contributed by atoms with E-state index in [0.29, 0.717) is 4.48 Å². The van der Waals surface area contributed by atoms with Gasteiger partial charge in [0.1, 0.15) is 0 Å². The zero-order chi connectivity index (χ0) is 18.3. The summed E-state index contributed by atoms with van der Waals surface area (Å²) in [5.74, 6) is -0.526. The van der Waals surface area contributed by atoms with Gasteiger partial charge in [0, 0.05) is 6.04 Å². The van der Waals surface area contributed by atoms with Crippen LogP contribution in [-0.4, -0.2) is 24.7 Å². The summed E-state index contributed by atoms with van der Waals surface area (Å²) in [5, 5.41) is 0. The first-order valence-electron chi connectivity index (χ1n) is 8.23. The van der Waals surface area contributed by atoms with Gasteiger partial charge in [0.2, 0.25) is 0 Å². The number of aryl methyl sites for hydroxylation is 1. The predicted molar refractivity (Wildman–Crippen MR) is 101 cm³/mol. The average molecular weight is 416 g/mol. The lowest BCUT2D eigenvalue weighted by atomic mass is 10.2. The number of nitrogens with zero attached hydrogens (tertiary/aromatic N) is 1. The van der Waals surface area contributed by atoms with Gasteiger partial charge in [-0.3, -0.25) is 4.79 Å². The Morgan fingerprint density at radius 1 is 1.21 bits per heavy atom. The number of unbranched alkanes of at least 4 members (excludes halogenated alkanes) is 3. The highest BCUT2D eigenvalue weighted by atomic mass is 79.9. The first-order chi connectivity index (χ1) is 11.2. The second-order valence-electron chi connectivity index (χ2n) is 6.06. The molecule has 0 atom stereocenters. The molecule has 0 aliphatic carbocycles. The molecule has 0 radical (unpaired) electrons. The van der Waals surface area contributed by atoms with Crippen LogP contribution in [0.4, 0.5) is 0 Å². The van der Waals surface area contributed by atoms with Gasteiger partial charge in [-0.05, 0) is 61.7 Å². The van der Waals surface area contributed by atoms with Crippen molar-refractivity contribution in [3.8, 4) is 0 Å². The van der Waals surface area contributed by atoms with E-state index in [4.69, 9.17) is 0 Å². The number of halogens is 1. The Labute approximate surface area is 154 Å². The van der Waals surface area contributed by atoms with Crippen LogP contribution >= 0.6 is 15.9 Å². The summed E-state index contributed by atoms with van der Waals surface area (Å²) in [5.41, 5.74) is 0.966. The molecule has 0 saturated heterocycles. The molecular weight excluding hydrogens is 390 g/mol. The topological polar surface area (TPSA) is 54.5 Å². The molecule has 0 bridgehead atoms. The maximum absolute atomic E-state index is 12.9. The average Bonchev–Trinajstić information content (AvgIpc) is 2.51. The van der Waals surface area contributed by atoms with E-state index in [0.717, 1.165) is 35.6 Å². The molecule has 0 aliphatic rings. The number of allylic oxidation sites excluding steroid dienone is 1. The molecule has 1 aromatic carbocycles. The van der Waals surface area contributed by atoms with E-state index < -0.39 is 22.0 Å². The zero-order valence-corrected chi connectivity index (χ0v) is 17.2. The van der Waals surface area contributed by atoms with Gasteiger partial charge < -0.3 is 0 Å². The molecule has 24 heavy (non-hydrogen) atoms. The fourth-order valence-electron chi connectivity index (χ4n) is 2.26. The molecule has 0 N–H and O–H groups in total. The Kier molecular flexibility index (Phi) is 8.16. The van der Waals surface area contributed by atoms with Crippen LogP contribution in [0.1, 0.15) is 52.0 Å². The van der Waals surface area contributed by atoms with Crippen molar-refractivity contribution in [2.75, 3.05) is 0 Å². The van der Waals surface area contributed by atoms with E-state index in [1.165, 1.54) is 12.1 Å². The SMILES string of the molecule is CCCCC/C=C(\Br)C(=O)N(C(C)C)S(=O)(=O)c1ccc(C)cc1. The fraction of sp³-hybridized carbons (Fsp3) is 0.500. The Bertz CT molecular complexity index is 679. The number of amides is 1. The molecule has 0 spiro atoms. The lowest BCUT2D eigenvalue weighted by Crippen LogP contribution is -2.42. The maximum atomic E-state index is 12.9. The molecular formula is C18H26BrNO3S. The number of carbonyl (C=O) groups is 1. The van der Waals surface area contributed by atoms with Gasteiger partial charge >= 0.3 is 0 Å². The van der Waals surface area contributed by atoms with Gasteiger partial charge in [-0.25, -0.2) is 12.7 Å². The van der Waals surface area contributed by atoms with Gasteiger partial charge in [0.25, 0.3) is 15.9 Å². The Hall–Kier alpha value is -1.14. The molecule has 0 unspecified atom stereocenters. The van der Waals surface area contributed by atoms with E-state index in [9.17, 15) is 13.2 Å². The highest BCUT2D eigenvalue weighted by Gasteiger charge is 2.32. The molecule has 4 nitrogen and oxygen atoms in total. The largest absolute Gasteiger partial charge is 0.274 e. The van der Waals surface area contributed by atoms with Crippen molar-refractivity contribution in [1.82, 2.24) is 4.31 Å². The monoisotopic (exact) mass is 415 g/mol. The van der Waals surface area contributed by atoms with Crippen LogP contribution in [0.2, 0.25) is 0 Å². The molecule has 134 valence electrons. The van der Waals surface area contributed by atoms with E-state index >= 15 is 0 Å². The molecule has 0 aliphatic heterocycles. The fourth-order valence-corrected chi connectivity index (χ4v) is 4.38. The summed E-state index contributed by atoms with van der Waals surface area (Å²) in [7, 11) is -3.88. The van der Waals surface area contributed by atoms with Gasteiger partial charge in [-0.2, -0.15) is 0 Å². The Morgan fingerprint density at radius 3 is 2.29 bits per heavy atom. The second-order valence-corrected chi connectivity index (χ2v) is 8.73. The Morgan fingerprint density at radius 2 is 1.79 bits per heavy atom. The lowest BCUT2D eigenvalue weighted by molar-refractivity contribution is -0.122. The summed E-state index contributed by atoms with van der Waals surface area (Å²) >= 11 is 3.25. The van der Waals surface area contributed by atoms with E-state index in [-0.39, 0.29) is 4.90 Å². The smallest absolute Gasteiger partial charge is 0.267 e. The third-order valence-electron chi connectivity index (χ3n) is 3.58. The molecule has 1 rings (SSSR count). The second kappa shape index (κ2) is 9.37. The first kappa shape index (κ1) is 20.9. The van der Waals surface area contributed by atoms with Crippen LogP contribution < -0.4 is 0 Å². The lowest BCUT2D eigenvalue weighted by Gasteiger charge is -2.26. The van der Waals surface area contributed by atoms with Crippen LogP contribution in [0.3, 0.4) is 0 Å². The van der Waals surface area contributed by atoms with Gasteiger partial charge in [-0.1, -0.05) is 43.5 Å². The molecule has 0 fully saturated rings. The standard InChI is InChI=1S/C18H26BrNO3S/c1-5-6-7-8-9-17(19)18(21)20(14(2)3)24(22,23)16-12-10-15(4)11-13-16/h9-14H,5-8H2,1-4H3/b17-9-. The minimum absolute atomic E-state index is 0.126. The normalized spacial score (nSPS) is 12.5. The van der Waals surface area contributed by atoms with E-state index in [1.54, 1.807) is 32.1 Å². The van der Waals surface area contributed by atoms with Crippen molar-refractivity contribution >= 4 is 31.9 Å². The van der Waals surface area contributed by atoms with Crippen molar-refractivity contribution in [3.63, 3.8) is 0 Å². The third kappa shape index (κ3) is 5.45. The molecule has 1 aromatic rings. The molecule has 0 saturated carbocycles. The van der Waals surface area contributed by atoms with Gasteiger partial charge in [0.05, 0.1) is 9.38 Å². The van der Waals surface area contributed by atoms with Crippen LogP contribution in [0.5, 0.6) is 0 Å². The zero-order valence-electron chi connectivity index (χ0n) is 14.8. The summed E-state index contributed by atoms with van der Waals surface area (Å²) < 4.78 is 27.0. The summed E-state index contributed by atoms with van der Waals surface area (Å²) in [6.45, 7) is 7.39. The molecule has 1 amide bonds. The van der Waals surface area contributed by atoms with Crippen molar-refractivity contribution in [3.05, 3.63) is 40.4 Å². The highest BCUT2D eigenvalue weighted by molar-refractivity contribution is 9.12. The number of carbonyl (C=O) groups excluding carboxylic acids is 1. The number of hydrogen-bond acceptors (Lipinski definition) is 3. The van der Waals surface area contributed by atoms with Crippen molar-refractivity contribution in [2.24, 2.45) is 0 Å². The van der Waals surface area contributed by atoms with Crippen LogP contribution in [-0.2, 0) is 14.8 Å². The molecule has 6 heteroatoms.